The molecule has 1 aliphatic rings. The van der Waals surface area contributed by atoms with E-state index in [1.165, 1.54) is 5.56 Å². The van der Waals surface area contributed by atoms with Crippen molar-refractivity contribution < 1.29 is 17.9 Å². The zero-order chi connectivity index (χ0) is 22.5. The van der Waals surface area contributed by atoms with Gasteiger partial charge in [-0.05, 0) is 57.5 Å². The van der Waals surface area contributed by atoms with Crippen LogP contribution >= 0.6 is 0 Å². The maximum atomic E-state index is 11.8. The van der Waals surface area contributed by atoms with Gasteiger partial charge in [0.15, 0.2) is 0 Å². The molecule has 0 spiro atoms. The Morgan fingerprint density at radius 3 is 2.55 bits per heavy atom. The summed E-state index contributed by atoms with van der Waals surface area (Å²) in [5, 5.41) is 3.46. The van der Waals surface area contributed by atoms with Crippen LogP contribution in [0, 0.1) is 0 Å². The minimum absolute atomic E-state index is 0.122. The molecule has 1 heterocycles. The van der Waals surface area contributed by atoms with Gasteiger partial charge in [0.1, 0.15) is 23.7 Å². The highest BCUT2D eigenvalue weighted by molar-refractivity contribution is 7.89. The van der Waals surface area contributed by atoms with Crippen LogP contribution in [-0.4, -0.2) is 46.0 Å². The first-order chi connectivity index (χ1) is 14.8. The molecule has 0 bridgehead atoms. The zero-order valence-electron chi connectivity index (χ0n) is 18.9. The molecule has 0 radical (unpaired) electrons. The van der Waals surface area contributed by atoms with Gasteiger partial charge >= 0.3 is 0 Å². The van der Waals surface area contributed by atoms with Gasteiger partial charge in [-0.1, -0.05) is 37.3 Å². The van der Waals surface area contributed by atoms with Crippen molar-refractivity contribution in [1.29, 1.82) is 0 Å². The third-order valence-electron chi connectivity index (χ3n) is 5.68. The van der Waals surface area contributed by atoms with E-state index < -0.39 is 10.0 Å². The maximum Gasteiger partial charge on any atom is 0.211 e. The van der Waals surface area contributed by atoms with Gasteiger partial charge in [0.25, 0.3) is 0 Å². The first-order valence-electron chi connectivity index (χ1n) is 10.9. The smallest absolute Gasteiger partial charge is 0.211 e. The molecule has 2 atom stereocenters. The first kappa shape index (κ1) is 23.6. The molecule has 170 valence electrons. The lowest BCUT2D eigenvalue weighted by atomic mass is 9.76. The molecule has 31 heavy (non-hydrogen) atoms. The van der Waals surface area contributed by atoms with Gasteiger partial charge in [0.2, 0.25) is 10.0 Å². The van der Waals surface area contributed by atoms with Crippen LogP contribution in [0.3, 0.4) is 0 Å². The second-order valence-corrected chi connectivity index (χ2v) is 10.5. The summed E-state index contributed by atoms with van der Waals surface area (Å²) >= 11 is 0. The molecule has 2 aromatic carbocycles. The van der Waals surface area contributed by atoms with Crippen molar-refractivity contribution in [1.82, 2.24) is 10.0 Å². The van der Waals surface area contributed by atoms with Crippen LogP contribution in [0.4, 0.5) is 0 Å². The van der Waals surface area contributed by atoms with E-state index >= 15 is 0 Å². The Bertz CT molecular complexity index is 961. The third kappa shape index (κ3) is 5.99. The number of ether oxygens (including phenoxy) is 2. The summed E-state index contributed by atoms with van der Waals surface area (Å²) in [5.74, 6) is 1.92. The Balaban J connectivity index is 1.78. The van der Waals surface area contributed by atoms with Crippen molar-refractivity contribution in [3.8, 4) is 11.5 Å². The Morgan fingerprint density at radius 2 is 1.87 bits per heavy atom. The van der Waals surface area contributed by atoms with Gasteiger partial charge in [-0.25, -0.2) is 13.1 Å². The highest BCUT2D eigenvalue weighted by atomic mass is 32.2. The fraction of sp³-hybridized carbons (Fsp3) is 0.500. The second-order valence-electron chi connectivity index (χ2n) is 8.53. The number of hydrogen-bond acceptors (Lipinski definition) is 5. The van der Waals surface area contributed by atoms with E-state index in [2.05, 4.69) is 48.2 Å². The standard InChI is InChI=1S/C24H34N2O4S/c1-5-15-31(27,28)26-13-14-29-19-11-12-22-20(17-19)21(16-18-9-7-6-8-10-18)23(25-4)24(2,3)30-22/h6-12,17,21,23,25-26H,5,13-16H2,1-4H3/t21-,23-/m0/s1. The van der Waals surface area contributed by atoms with Gasteiger partial charge in [-0.3, -0.25) is 0 Å². The average Bonchev–Trinajstić information content (AvgIpc) is 2.72. The van der Waals surface area contributed by atoms with E-state index in [-0.39, 0.29) is 36.5 Å². The Morgan fingerprint density at radius 1 is 1.13 bits per heavy atom. The molecule has 0 saturated carbocycles. The molecule has 0 fully saturated rings. The predicted octanol–water partition coefficient (Wildman–Crippen LogP) is 3.48. The second kappa shape index (κ2) is 10.0. The lowest BCUT2D eigenvalue weighted by Crippen LogP contribution is -2.55. The topological polar surface area (TPSA) is 76.7 Å². The summed E-state index contributed by atoms with van der Waals surface area (Å²) in [6.45, 7) is 6.59. The summed E-state index contributed by atoms with van der Waals surface area (Å²) in [4.78, 5) is 0. The largest absolute Gasteiger partial charge is 0.492 e. The molecular formula is C24H34N2O4S. The van der Waals surface area contributed by atoms with Gasteiger partial charge in [0.05, 0.1) is 11.8 Å². The summed E-state index contributed by atoms with van der Waals surface area (Å²) < 4.78 is 38.3. The molecular weight excluding hydrogens is 412 g/mol. The Labute approximate surface area is 186 Å². The first-order valence-corrected chi connectivity index (χ1v) is 12.5. The van der Waals surface area contributed by atoms with Gasteiger partial charge in [-0.2, -0.15) is 0 Å². The number of nitrogens with one attached hydrogen (secondary N) is 2. The summed E-state index contributed by atoms with van der Waals surface area (Å²) in [6, 6.07) is 16.4. The van der Waals surface area contributed by atoms with E-state index in [1.807, 2.05) is 38.2 Å². The van der Waals surface area contributed by atoms with Crippen molar-refractivity contribution in [2.75, 3.05) is 26.0 Å². The van der Waals surface area contributed by atoms with E-state index in [0.717, 1.165) is 17.7 Å². The minimum Gasteiger partial charge on any atom is -0.492 e. The number of likely N-dealkylation sites (N-methyl/N-ethyl adjacent to an activating group) is 1. The van der Waals surface area contributed by atoms with Crippen LogP contribution in [0.1, 0.15) is 44.2 Å². The normalized spacial score (nSPS) is 20.0. The van der Waals surface area contributed by atoms with E-state index in [9.17, 15) is 8.42 Å². The van der Waals surface area contributed by atoms with E-state index in [4.69, 9.17) is 9.47 Å². The van der Waals surface area contributed by atoms with Gasteiger partial charge in [-0.15, -0.1) is 0 Å². The number of sulfonamides is 1. The SMILES string of the molecule is CCCS(=O)(=O)NCCOc1ccc2c(c1)[C@H](Cc1ccccc1)[C@H](NC)C(C)(C)O2. The van der Waals surface area contributed by atoms with Gasteiger partial charge in [0, 0.05) is 18.0 Å². The molecule has 2 N–H and O–H groups in total. The molecule has 3 rings (SSSR count). The van der Waals surface area contributed by atoms with Crippen molar-refractivity contribution >= 4 is 10.0 Å². The monoisotopic (exact) mass is 446 g/mol. The lowest BCUT2D eigenvalue weighted by Gasteiger charge is -2.45. The van der Waals surface area contributed by atoms with E-state index in [1.54, 1.807) is 0 Å². The fourth-order valence-corrected chi connectivity index (χ4v) is 5.44. The fourth-order valence-electron chi connectivity index (χ4n) is 4.36. The molecule has 7 heteroatoms. The van der Waals surface area contributed by atoms with Crippen LogP contribution in [0.2, 0.25) is 0 Å². The summed E-state index contributed by atoms with van der Waals surface area (Å²) in [5.41, 5.74) is 2.01. The average molecular weight is 447 g/mol. The van der Waals surface area contributed by atoms with Crippen molar-refractivity contribution in [2.24, 2.45) is 0 Å². The zero-order valence-corrected chi connectivity index (χ0v) is 19.7. The van der Waals surface area contributed by atoms with Crippen molar-refractivity contribution in [3.63, 3.8) is 0 Å². The van der Waals surface area contributed by atoms with E-state index in [0.29, 0.717) is 12.2 Å². The minimum atomic E-state index is -3.23. The molecule has 0 aliphatic carbocycles. The highest BCUT2D eigenvalue weighted by Gasteiger charge is 2.43. The van der Waals surface area contributed by atoms with Crippen molar-refractivity contribution in [2.45, 2.75) is 51.2 Å². The molecule has 2 aromatic rings. The number of fused-ring (bicyclic) bond motifs is 1. The molecule has 0 aromatic heterocycles. The van der Waals surface area contributed by atoms with Crippen LogP contribution in [0.5, 0.6) is 11.5 Å². The third-order valence-corrected chi connectivity index (χ3v) is 7.27. The Kier molecular flexibility index (Phi) is 7.62. The molecule has 1 aliphatic heterocycles. The highest BCUT2D eigenvalue weighted by Crippen LogP contribution is 2.44. The molecule has 6 nitrogen and oxygen atoms in total. The number of hydrogen-bond donors (Lipinski definition) is 2. The lowest BCUT2D eigenvalue weighted by molar-refractivity contribution is 0.0364. The van der Waals surface area contributed by atoms with Crippen LogP contribution < -0.4 is 19.5 Å². The summed E-state index contributed by atoms with van der Waals surface area (Å²) in [6.07, 6.45) is 1.47. The predicted molar refractivity (Wildman–Crippen MR) is 124 cm³/mol. The van der Waals surface area contributed by atoms with Gasteiger partial charge < -0.3 is 14.8 Å². The number of rotatable bonds is 10. The summed E-state index contributed by atoms with van der Waals surface area (Å²) in [7, 11) is -1.25. The van der Waals surface area contributed by atoms with Crippen LogP contribution in [-0.2, 0) is 16.4 Å². The molecule has 0 amide bonds. The number of benzene rings is 2. The molecule has 0 saturated heterocycles. The quantitative estimate of drug-likeness (QED) is 0.547. The Hall–Kier alpha value is -2.09. The maximum absolute atomic E-state index is 11.8. The van der Waals surface area contributed by atoms with Crippen LogP contribution in [0.25, 0.3) is 0 Å². The van der Waals surface area contributed by atoms with Crippen molar-refractivity contribution in [3.05, 3.63) is 59.7 Å². The van der Waals surface area contributed by atoms with Crippen LogP contribution in [0.15, 0.2) is 48.5 Å². The molecule has 0 unspecified atom stereocenters.